The van der Waals surface area contributed by atoms with Crippen LogP contribution in [-0.2, 0) is 7.05 Å². The molecule has 0 aliphatic heterocycles. The summed E-state index contributed by atoms with van der Waals surface area (Å²) in [7, 11) is 1.57. The molecule has 0 unspecified atom stereocenters. The predicted octanol–water partition coefficient (Wildman–Crippen LogP) is 2.24. The Bertz CT molecular complexity index is 178. The zero-order valence-electron chi connectivity index (χ0n) is 6.23. The molecular weight excluding hydrogens is 155 g/mol. The molecule has 0 saturated heterocycles. The number of hydrogen-bond donors (Lipinski definition) is 0. The highest BCUT2D eigenvalue weighted by Gasteiger charge is 2.01. The largest absolute Gasteiger partial charge is 0.254 e. The molecule has 0 aliphatic carbocycles. The smallest absolute Gasteiger partial charge is 0.180 e. The SMILES string of the molecule is CC.Cn1ncc(F)c1Cl. The molecular formula is C6H10ClFN2. The Balaban J connectivity index is 0.000000371. The van der Waals surface area contributed by atoms with Crippen molar-refractivity contribution in [3.63, 3.8) is 0 Å². The molecule has 0 fully saturated rings. The molecule has 1 heterocycles. The van der Waals surface area contributed by atoms with Crippen LogP contribution in [0, 0.1) is 5.82 Å². The quantitative estimate of drug-likeness (QED) is 0.575. The first-order valence-electron chi connectivity index (χ1n) is 3.05. The molecule has 0 bridgehead atoms. The molecule has 2 nitrogen and oxygen atoms in total. The second-order valence-corrected chi connectivity index (χ2v) is 1.76. The Kier molecular flexibility index (Phi) is 4.03. The number of nitrogens with zero attached hydrogens (tertiary/aromatic N) is 2. The van der Waals surface area contributed by atoms with E-state index in [1.807, 2.05) is 13.8 Å². The average molecular weight is 165 g/mol. The van der Waals surface area contributed by atoms with E-state index in [4.69, 9.17) is 11.6 Å². The van der Waals surface area contributed by atoms with Crippen LogP contribution in [0.15, 0.2) is 6.20 Å². The van der Waals surface area contributed by atoms with E-state index < -0.39 is 5.82 Å². The van der Waals surface area contributed by atoms with Crippen molar-refractivity contribution in [1.29, 1.82) is 0 Å². The maximum absolute atomic E-state index is 12.1. The van der Waals surface area contributed by atoms with Crippen LogP contribution in [0.25, 0.3) is 0 Å². The number of hydrogen-bond acceptors (Lipinski definition) is 1. The fourth-order valence-electron chi connectivity index (χ4n) is 0.396. The summed E-state index contributed by atoms with van der Waals surface area (Å²) in [5.74, 6) is -0.478. The summed E-state index contributed by atoms with van der Waals surface area (Å²) in [6.07, 6.45) is 1.07. The van der Waals surface area contributed by atoms with E-state index in [1.54, 1.807) is 7.05 Å². The number of rotatable bonds is 0. The fourth-order valence-corrected chi connectivity index (χ4v) is 0.488. The summed E-state index contributed by atoms with van der Waals surface area (Å²) in [5.41, 5.74) is 0. The maximum atomic E-state index is 12.1. The van der Waals surface area contributed by atoms with Gasteiger partial charge in [0.25, 0.3) is 0 Å². The van der Waals surface area contributed by atoms with Crippen LogP contribution < -0.4 is 0 Å². The molecule has 0 aromatic carbocycles. The van der Waals surface area contributed by atoms with Crippen LogP contribution in [0.2, 0.25) is 5.15 Å². The topological polar surface area (TPSA) is 17.8 Å². The Morgan fingerprint density at radius 2 is 2.10 bits per heavy atom. The van der Waals surface area contributed by atoms with Crippen LogP contribution in [-0.4, -0.2) is 9.78 Å². The van der Waals surface area contributed by atoms with Crippen molar-refractivity contribution in [2.75, 3.05) is 0 Å². The van der Waals surface area contributed by atoms with Gasteiger partial charge in [0.1, 0.15) is 0 Å². The lowest BCUT2D eigenvalue weighted by Gasteiger charge is -1.85. The summed E-state index contributed by atoms with van der Waals surface area (Å²) in [6, 6.07) is 0. The second-order valence-electron chi connectivity index (χ2n) is 1.41. The zero-order valence-corrected chi connectivity index (χ0v) is 6.98. The molecule has 0 amide bonds. The molecule has 1 aromatic heterocycles. The Morgan fingerprint density at radius 3 is 2.20 bits per heavy atom. The van der Waals surface area contributed by atoms with Gasteiger partial charge >= 0.3 is 0 Å². The third-order valence-electron chi connectivity index (χ3n) is 0.825. The zero-order chi connectivity index (χ0) is 8.15. The van der Waals surface area contributed by atoms with Crippen LogP contribution in [0.3, 0.4) is 0 Å². The third-order valence-corrected chi connectivity index (χ3v) is 1.25. The lowest BCUT2D eigenvalue weighted by Crippen LogP contribution is -1.87. The number of halogens is 2. The fraction of sp³-hybridized carbons (Fsp3) is 0.500. The molecule has 1 rings (SSSR count). The Labute approximate surface area is 64.6 Å². The van der Waals surface area contributed by atoms with Gasteiger partial charge in [-0.1, -0.05) is 25.4 Å². The standard InChI is InChI=1S/C4H4ClFN2.C2H6/c1-8-4(5)3(6)2-7-8;1-2/h2H,1H3;1-2H3. The van der Waals surface area contributed by atoms with Crippen LogP contribution in [0.4, 0.5) is 4.39 Å². The third kappa shape index (κ3) is 1.99. The molecule has 0 saturated carbocycles. The Hall–Kier alpha value is -0.570. The van der Waals surface area contributed by atoms with E-state index in [0.717, 1.165) is 6.20 Å². The van der Waals surface area contributed by atoms with Gasteiger partial charge < -0.3 is 0 Å². The van der Waals surface area contributed by atoms with Gasteiger partial charge in [0.05, 0.1) is 6.20 Å². The van der Waals surface area contributed by atoms with Gasteiger partial charge in [0, 0.05) is 7.05 Å². The van der Waals surface area contributed by atoms with Crippen molar-refractivity contribution in [3.05, 3.63) is 17.2 Å². The van der Waals surface area contributed by atoms with Crippen molar-refractivity contribution in [2.45, 2.75) is 13.8 Å². The molecule has 10 heavy (non-hydrogen) atoms. The molecule has 0 spiro atoms. The van der Waals surface area contributed by atoms with Crippen molar-refractivity contribution < 1.29 is 4.39 Å². The molecule has 58 valence electrons. The minimum atomic E-state index is -0.478. The van der Waals surface area contributed by atoms with Gasteiger partial charge in [0.2, 0.25) is 0 Å². The van der Waals surface area contributed by atoms with Crippen LogP contribution in [0.1, 0.15) is 13.8 Å². The highest BCUT2D eigenvalue weighted by Crippen LogP contribution is 2.09. The van der Waals surface area contributed by atoms with Crippen molar-refractivity contribution in [2.24, 2.45) is 7.05 Å². The first-order valence-corrected chi connectivity index (χ1v) is 3.42. The van der Waals surface area contributed by atoms with Gasteiger partial charge in [0.15, 0.2) is 11.0 Å². The molecule has 1 aromatic rings. The second kappa shape index (κ2) is 4.28. The van der Waals surface area contributed by atoms with Crippen LogP contribution >= 0.6 is 11.6 Å². The summed E-state index contributed by atoms with van der Waals surface area (Å²) in [5, 5.41) is 3.57. The highest BCUT2D eigenvalue weighted by atomic mass is 35.5. The lowest BCUT2D eigenvalue weighted by molar-refractivity contribution is 0.625. The van der Waals surface area contributed by atoms with E-state index >= 15 is 0 Å². The monoisotopic (exact) mass is 164 g/mol. The molecule has 0 radical (unpaired) electrons. The highest BCUT2D eigenvalue weighted by molar-refractivity contribution is 6.29. The summed E-state index contributed by atoms with van der Waals surface area (Å²) in [4.78, 5) is 0. The van der Waals surface area contributed by atoms with Crippen molar-refractivity contribution >= 4 is 11.6 Å². The van der Waals surface area contributed by atoms with E-state index in [1.165, 1.54) is 4.68 Å². The summed E-state index contributed by atoms with van der Waals surface area (Å²) < 4.78 is 13.4. The normalized spacial score (nSPS) is 8.50. The van der Waals surface area contributed by atoms with Crippen molar-refractivity contribution in [3.8, 4) is 0 Å². The minimum absolute atomic E-state index is 0.0463. The van der Waals surface area contributed by atoms with Gasteiger partial charge in [-0.2, -0.15) is 5.10 Å². The molecule has 0 aliphatic rings. The van der Waals surface area contributed by atoms with E-state index in [0.29, 0.717) is 0 Å². The van der Waals surface area contributed by atoms with Crippen LogP contribution in [0.5, 0.6) is 0 Å². The lowest BCUT2D eigenvalue weighted by atomic mass is 10.7. The molecule has 4 heteroatoms. The van der Waals surface area contributed by atoms with Gasteiger partial charge in [-0.25, -0.2) is 4.39 Å². The minimum Gasteiger partial charge on any atom is -0.254 e. The predicted molar refractivity (Wildman–Crippen MR) is 39.5 cm³/mol. The van der Waals surface area contributed by atoms with E-state index in [-0.39, 0.29) is 5.15 Å². The molecule has 0 N–H and O–H groups in total. The number of aromatic nitrogens is 2. The van der Waals surface area contributed by atoms with Gasteiger partial charge in [-0.15, -0.1) is 0 Å². The summed E-state index contributed by atoms with van der Waals surface area (Å²) in [6.45, 7) is 4.00. The molecule has 0 atom stereocenters. The summed E-state index contributed by atoms with van der Waals surface area (Å²) >= 11 is 5.32. The number of aryl methyl sites for hydroxylation is 1. The first kappa shape index (κ1) is 9.43. The van der Waals surface area contributed by atoms with E-state index in [9.17, 15) is 4.39 Å². The maximum Gasteiger partial charge on any atom is 0.180 e. The first-order chi connectivity index (χ1) is 4.72. The van der Waals surface area contributed by atoms with E-state index in [2.05, 4.69) is 5.10 Å². The Morgan fingerprint density at radius 1 is 1.60 bits per heavy atom. The van der Waals surface area contributed by atoms with Crippen molar-refractivity contribution in [1.82, 2.24) is 9.78 Å². The average Bonchev–Trinajstić information content (AvgIpc) is 2.25. The van der Waals surface area contributed by atoms with Gasteiger partial charge in [-0.05, 0) is 0 Å². The van der Waals surface area contributed by atoms with Gasteiger partial charge in [-0.3, -0.25) is 4.68 Å².